The van der Waals surface area contributed by atoms with Gasteiger partial charge in [0.15, 0.2) is 0 Å². The van der Waals surface area contributed by atoms with Gasteiger partial charge in [-0.15, -0.1) is 0 Å². The Kier molecular flexibility index (Phi) is 4.93. The highest BCUT2D eigenvalue weighted by molar-refractivity contribution is 6.33. The van der Waals surface area contributed by atoms with Gasteiger partial charge in [0.1, 0.15) is 17.4 Å². The van der Waals surface area contributed by atoms with Gasteiger partial charge >= 0.3 is 13.3 Å². The Labute approximate surface area is 112 Å². The van der Waals surface area contributed by atoms with E-state index in [2.05, 4.69) is 0 Å². The molecule has 1 atom stereocenters. The Hall–Kier alpha value is -1.57. The number of hydrogen-bond acceptors (Lipinski definition) is 6. The summed E-state index contributed by atoms with van der Waals surface area (Å²) >= 11 is 0. The second-order valence-corrected chi connectivity index (χ2v) is 4.99. The van der Waals surface area contributed by atoms with Gasteiger partial charge in [-0.05, 0) is 26.8 Å². The first-order valence-corrected chi connectivity index (χ1v) is 5.81. The molecule has 0 saturated heterocycles. The Balaban J connectivity index is 2.93. The van der Waals surface area contributed by atoms with Gasteiger partial charge < -0.3 is 25.2 Å². The highest BCUT2D eigenvalue weighted by atomic mass is 16.6. The molecule has 0 amide bonds. The van der Waals surface area contributed by atoms with E-state index in [4.69, 9.17) is 25.2 Å². The third-order valence-corrected chi connectivity index (χ3v) is 2.15. The van der Waals surface area contributed by atoms with Crippen LogP contribution in [-0.2, 0) is 9.53 Å². The van der Waals surface area contributed by atoms with Crippen LogP contribution in [0.15, 0.2) is 24.3 Å². The number of hydrogen-bond donors (Lipinski definition) is 3. The van der Waals surface area contributed by atoms with Crippen molar-refractivity contribution < 1.29 is 24.2 Å². The summed E-state index contributed by atoms with van der Waals surface area (Å²) in [7, 11) is -1.98. The Bertz CT molecular complexity index is 444. The van der Waals surface area contributed by atoms with Gasteiger partial charge in [0.2, 0.25) is 0 Å². The summed E-state index contributed by atoms with van der Waals surface area (Å²) in [5.41, 5.74) is 5.48. The van der Waals surface area contributed by atoms with Crippen molar-refractivity contribution in [2.75, 3.05) is 0 Å². The number of ether oxygens (including phenoxy) is 1. The first kappa shape index (κ1) is 15.5. The lowest BCUT2D eigenvalue weighted by Crippen LogP contribution is -2.32. The number of para-hydroxylation sites is 1. The van der Waals surface area contributed by atoms with Crippen molar-refractivity contribution in [2.45, 2.75) is 32.4 Å². The second kappa shape index (κ2) is 6.05. The normalized spacial score (nSPS) is 12.7. The molecular formula is C12H18BNO5. The van der Waals surface area contributed by atoms with Gasteiger partial charge in [-0.2, -0.15) is 0 Å². The molecule has 0 aromatic heterocycles. The minimum Gasteiger partial charge on any atom is -0.512 e. The molecule has 0 aliphatic rings. The SMILES string of the molecule is CC(C)(C)OC(=O)C(N)c1ccccc1OB(O)O. The lowest BCUT2D eigenvalue weighted by atomic mass is 10.1. The van der Waals surface area contributed by atoms with Crippen LogP contribution in [0.5, 0.6) is 5.75 Å². The van der Waals surface area contributed by atoms with Crippen LogP contribution in [0.1, 0.15) is 32.4 Å². The van der Waals surface area contributed by atoms with E-state index in [1.807, 2.05) is 0 Å². The molecule has 1 aromatic rings. The summed E-state index contributed by atoms with van der Waals surface area (Å²) in [6.07, 6.45) is 0. The maximum Gasteiger partial charge on any atom is 0.707 e. The molecule has 19 heavy (non-hydrogen) atoms. The fourth-order valence-corrected chi connectivity index (χ4v) is 1.45. The molecule has 0 saturated carbocycles. The highest BCUT2D eigenvalue weighted by Crippen LogP contribution is 2.25. The molecule has 0 aliphatic carbocycles. The van der Waals surface area contributed by atoms with E-state index < -0.39 is 24.9 Å². The predicted octanol–water partition coefficient (Wildman–Crippen LogP) is 0.376. The molecule has 4 N–H and O–H groups in total. The van der Waals surface area contributed by atoms with Crippen LogP contribution >= 0.6 is 0 Å². The largest absolute Gasteiger partial charge is 0.707 e. The lowest BCUT2D eigenvalue weighted by molar-refractivity contribution is -0.156. The summed E-state index contributed by atoms with van der Waals surface area (Å²) in [6.45, 7) is 5.20. The van der Waals surface area contributed by atoms with E-state index in [9.17, 15) is 4.79 Å². The Morgan fingerprint density at radius 1 is 1.32 bits per heavy atom. The third kappa shape index (κ3) is 4.90. The molecular weight excluding hydrogens is 249 g/mol. The fraction of sp³-hybridized carbons (Fsp3) is 0.417. The van der Waals surface area contributed by atoms with Crippen LogP contribution in [0.25, 0.3) is 0 Å². The van der Waals surface area contributed by atoms with Gasteiger partial charge in [-0.1, -0.05) is 18.2 Å². The first-order chi connectivity index (χ1) is 8.70. The summed E-state index contributed by atoms with van der Waals surface area (Å²) in [5, 5.41) is 17.6. The minimum atomic E-state index is -1.98. The maximum atomic E-state index is 11.9. The van der Waals surface area contributed by atoms with Gasteiger partial charge in [0.25, 0.3) is 0 Å². The molecule has 0 bridgehead atoms. The maximum absolute atomic E-state index is 11.9. The quantitative estimate of drug-likeness (QED) is 0.538. The Morgan fingerprint density at radius 3 is 2.42 bits per heavy atom. The molecule has 104 valence electrons. The van der Waals surface area contributed by atoms with Crippen molar-refractivity contribution >= 4 is 13.3 Å². The van der Waals surface area contributed by atoms with Crippen LogP contribution in [0.3, 0.4) is 0 Å². The van der Waals surface area contributed by atoms with E-state index in [0.717, 1.165) is 0 Å². The molecule has 1 unspecified atom stereocenters. The molecule has 0 radical (unpaired) electrons. The monoisotopic (exact) mass is 267 g/mol. The van der Waals surface area contributed by atoms with Crippen molar-refractivity contribution in [3.05, 3.63) is 29.8 Å². The van der Waals surface area contributed by atoms with Crippen LogP contribution in [0.4, 0.5) is 0 Å². The van der Waals surface area contributed by atoms with Crippen molar-refractivity contribution in [2.24, 2.45) is 5.73 Å². The standard InChI is InChI=1S/C12H18BNO5/c1-12(2,3)18-11(15)10(14)8-6-4-5-7-9(8)19-13(16)17/h4-7,10,16-17H,14H2,1-3H3. The number of rotatable bonds is 4. The second-order valence-electron chi connectivity index (χ2n) is 4.99. The molecule has 0 fully saturated rings. The van der Waals surface area contributed by atoms with Gasteiger partial charge in [0.05, 0.1) is 0 Å². The van der Waals surface area contributed by atoms with E-state index >= 15 is 0 Å². The zero-order chi connectivity index (χ0) is 14.6. The predicted molar refractivity (Wildman–Crippen MR) is 70.0 cm³/mol. The molecule has 0 spiro atoms. The van der Waals surface area contributed by atoms with Crippen LogP contribution in [-0.4, -0.2) is 28.9 Å². The van der Waals surface area contributed by atoms with E-state index in [0.29, 0.717) is 5.56 Å². The number of nitrogens with two attached hydrogens (primary N) is 1. The molecule has 1 aromatic carbocycles. The third-order valence-electron chi connectivity index (χ3n) is 2.15. The summed E-state index contributed by atoms with van der Waals surface area (Å²) < 4.78 is 9.94. The van der Waals surface area contributed by atoms with Crippen LogP contribution in [0.2, 0.25) is 0 Å². The van der Waals surface area contributed by atoms with Crippen molar-refractivity contribution in [3.8, 4) is 5.75 Å². The number of benzene rings is 1. The minimum absolute atomic E-state index is 0.121. The number of esters is 1. The van der Waals surface area contributed by atoms with Crippen LogP contribution < -0.4 is 10.4 Å². The van der Waals surface area contributed by atoms with Crippen molar-refractivity contribution in [1.29, 1.82) is 0 Å². The highest BCUT2D eigenvalue weighted by Gasteiger charge is 2.26. The number of carbonyl (C=O) groups is 1. The van der Waals surface area contributed by atoms with Crippen LogP contribution in [0, 0.1) is 0 Å². The zero-order valence-electron chi connectivity index (χ0n) is 11.2. The van der Waals surface area contributed by atoms with E-state index in [1.165, 1.54) is 6.07 Å². The Morgan fingerprint density at radius 2 is 1.89 bits per heavy atom. The summed E-state index contributed by atoms with van der Waals surface area (Å²) in [6, 6.07) is 5.28. The van der Waals surface area contributed by atoms with Gasteiger partial charge in [-0.3, -0.25) is 0 Å². The van der Waals surface area contributed by atoms with Crippen molar-refractivity contribution in [3.63, 3.8) is 0 Å². The fourth-order valence-electron chi connectivity index (χ4n) is 1.45. The molecule has 7 heteroatoms. The average Bonchev–Trinajstić information content (AvgIpc) is 2.25. The first-order valence-electron chi connectivity index (χ1n) is 5.81. The van der Waals surface area contributed by atoms with Gasteiger partial charge in [0, 0.05) is 5.56 Å². The smallest absolute Gasteiger partial charge is 0.512 e. The lowest BCUT2D eigenvalue weighted by Gasteiger charge is -2.23. The summed E-state index contributed by atoms with van der Waals surface area (Å²) in [5.74, 6) is -0.494. The van der Waals surface area contributed by atoms with E-state index in [1.54, 1.807) is 39.0 Å². The average molecular weight is 267 g/mol. The molecule has 6 nitrogen and oxygen atoms in total. The topological polar surface area (TPSA) is 102 Å². The van der Waals surface area contributed by atoms with E-state index in [-0.39, 0.29) is 5.75 Å². The molecule has 1 rings (SSSR count). The van der Waals surface area contributed by atoms with Gasteiger partial charge in [-0.25, -0.2) is 4.79 Å². The molecule has 0 aliphatic heterocycles. The zero-order valence-corrected chi connectivity index (χ0v) is 11.2. The number of carbonyl (C=O) groups excluding carboxylic acids is 1. The molecule has 0 heterocycles. The summed E-state index contributed by atoms with van der Waals surface area (Å²) in [4.78, 5) is 11.9. The van der Waals surface area contributed by atoms with Crippen molar-refractivity contribution in [1.82, 2.24) is 0 Å².